The minimum absolute atomic E-state index is 0.518. The van der Waals surface area contributed by atoms with Gasteiger partial charge in [0.05, 0.1) is 0 Å². The van der Waals surface area contributed by atoms with Gasteiger partial charge < -0.3 is 5.32 Å². The molecule has 2 saturated carbocycles. The Labute approximate surface area is 126 Å². The van der Waals surface area contributed by atoms with Gasteiger partial charge in [0.2, 0.25) is 0 Å². The fourth-order valence-corrected chi connectivity index (χ4v) is 3.80. The topological polar surface area (TPSA) is 15.3 Å². The zero-order valence-electron chi connectivity index (χ0n) is 14.3. The monoisotopic (exact) mass is 280 g/mol. The summed E-state index contributed by atoms with van der Waals surface area (Å²) in [6.07, 6.45) is 8.64. The van der Waals surface area contributed by atoms with Crippen molar-refractivity contribution >= 4 is 0 Å². The van der Waals surface area contributed by atoms with E-state index in [9.17, 15) is 0 Å². The summed E-state index contributed by atoms with van der Waals surface area (Å²) in [5.41, 5.74) is 0.518. The van der Waals surface area contributed by atoms with Crippen LogP contribution in [-0.4, -0.2) is 37.1 Å². The lowest BCUT2D eigenvalue weighted by Crippen LogP contribution is -2.36. The minimum Gasteiger partial charge on any atom is -0.315 e. The van der Waals surface area contributed by atoms with Crippen LogP contribution in [0.2, 0.25) is 0 Å². The normalized spacial score (nSPS) is 28.1. The molecule has 0 saturated heterocycles. The second-order valence-corrected chi connectivity index (χ2v) is 8.15. The average Bonchev–Trinajstić information content (AvgIpc) is 3.23. The molecular weight excluding hydrogens is 244 g/mol. The SMILES string of the molecule is CCN(CCNCC1CCC(C(C)(C)C)CC1)C1CC1. The van der Waals surface area contributed by atoms with E-state index >= 15 is 0 Å². The highest BCUT2D eigenvalue weighted by atomic mass is 15.2. The molecule has 0 atom stereocenters. The van der Waals surface area contributed by atoms with Crippen molar-refractivity contribution in [2.24, 2.45) is 17.3 Å². The summed E-state index contributed by atoms with van der Waals surface area (Å²) in [6.45, 7) is 14.4. The molecule has 2 aliphatic rings. The molecule has 0 amide bonds. The van der Waals surface area contributed by atoms with Crippen molar-refractivity contribution in [1.29, 1.82) is 0 Å². The van der Waals surface area contributed by atoms with Gasteiger partial charge in [-0.05, 0) is 68.9 Å². The van der Waals surface area contributed by atoms with Crippen molar-refractivity contribution in [3.05, 3.63) is 0 Å². The van der Waals surface area contributed by atoms with Gasteiger partial charge in [-0.25, -0.2) is 0 Å². The third-order valence-electron chi connectivity index (χ3n) is 5.55. The van der Waals surface area contributed by atoms with Crippen molar-refractivity contribution in [1.82, 2.24) is 10.2 Å². The smallest absolute Gasteiger partial charge is 0.0110 e. The quantitative estimate of drug-likeness (QED) is 0.711. The first-order valence-electron chi connectivity index (χ1n) is 8.95. The first kappa shape index (κ1) is 16.3. The standard InChI is InChI=1S/C18H36N2/c1-5-20(17-10-11-17)13-12-19-14-15-6-8-16(9-7-15)18(2,3)4/h15-17,19H,5-14H2,1-4H3. The van der Waals surface area contributed by atoms with Crippen LogP contribution in [0.1, 0.15) is 66.2 Å². The van der Waals surface area contributed by atoms with E-state index in [0.29, 0.717) is 5.41 Å². The fraction of sp³-hybridized carbons (Fsp3) is 1.00. The number of hydrogen-bond acceptors (Lipinski definition) is 2. The molecule has 0 aromatic carbocycles. The van der Waals surface area contributed by atoms with Gasteiger partial charge in [-0.15, -0.1) is 0 Å². The second-order valence-electron chi connectivity index (χ2n) is 8.15. The summed E-state index contributed by atoms with van der Waals surface area (Å²) < 4.78 is 0. The first-order chi connectivity index (χ1) is 9.50. The Kier molecular flexibility index (Phi) is 5.92. The van der Waals surface area contributed by atoms with Crippen LogP contribution in [0, 0.1) is 17.3 Å². The molecule has 0 aromatic rings. The lowest BCUT2D eigenvalue weighted by Gasteiger charge is -2.37. The molecule has 2 nitrogen and oxygen atoms in total. The molecule has 0 spiro atoms. The zero-order chi connectivity index (χ0) is 14.6. The van der Waals surface area contributed by atoms with Crippen LogP contribution in [0.4, 0.5) is 0 Å². The molecule has 0 heterocycles. The van der Waals surface area contributed by atoms with Gasteiger partial charge in [0, 0.05) is 19.1 Å². The van der Waals surface area contributed by atoms with E-state index in [1.165, 1.54) is 64.7 Å². The molecule has 2 heteroatoms. The number of likely N-dealkylation sites (N-methyl/N-ethyl adjacent to an activating group) is 1. The van der Waals surface area contributed by atoms with E-state index in [2.05, 4.69) is 37.9 Å². The van der Waals surface area contributed by atoms with Crippen LogP contribution in [0.3, 0.4) is 0 Å². The minimum atomic E-state index is 0.518. The maximum Gasteiger partial charge on any atom is 0.0110 e. The van der Waals surface area contributed by atoms with Crippen LogP contribution < -0.4 is 5.32 Å². The maximum atomic E-state index is 3.71. The van der Waals surface area contributed by atoms with Crippen LogP contribution in [0.25, 0.3) is 0 Å². The Balaban J connectivity index is 1.55. The summed E-state index contributed by atoms with van der Waals surface area (Å²) in [6, 6.07) is 0.920. The molecule has 2 aliphatic carbocycles. The van der Waals surface area contributed by atoms with Crippen LogP contribution in [0.5, 0.6) is 0 Å². The van der Waals surface area contributed by atoms with Gasteiger partial charge in [-0.2, -0.15) is 0 Å². The van der Waals surface area contributed by atoms with E-state index in [-0.39, 0.29) is 0 Å². The van der Waals surface area contributed by atoms with Crippen molar-refractivity contribution in [2.45, 2.75) is 72.3 Å². The Hall–Kier alpha value is -0.0800. The summed E-state index contributed by atoms with van der Waals surface area (Å²) in [4.78, 5) is 2.64. The predicted molar refractivity (Wildman–Crippen MR) is 88.0 cm³/mol. The Morgan fingerprint density at radius 1 is 1.00 bits per heavy atom. The maximum absolute atomic E-state index is 3.71. The van der Waals surface area contributed by atoms with E-state index in [1.54, 1.807) is 0 Å². The molecule has 0 aliphatic heterocycles. The van der Waals surface area contributed by atoms with E-state index in [4.69, 9.17) is 0 Å². The van der Waals surface area contributed by atoms with Crippen LogP contribution in [-0.2, 0) is 0 Å². The van der Waals surface area contributed by atoms with Crippen LogP contribution >= 0.6 is 0 Å². The van der Waals surface area contributed by atoms with Gasteiger partial charge in [0.15, 0.2) is 0 Å². The van der Waals surface area contributed by atoms with Gasteiger partial charge >= 0.3 is 0 Å². The number of hydrogen-bond donors (Lipinski definition) is 1. The molecule has 2 fully saturated rings. The molecule has 1 N–H and O–H groups in total. The first-order valence-corrected chi connectivity index (χ1v) is 8.95. The summed E-state index contributed by atoms with van der Waals surface area (Å²) in [7, 11) is 0. The lowest BCUT2D eigenvalue weighted by atomic mass is 9.70. The van der Waals surface area contributed by atoms with Crippen molar-refractivity contribution < 1.29 is 0 Å². The van der Waals surface area contributed by atoms with E-state index in [0.717, 1.165) is 17.9 Å². The summed E-state index contributed by atoms with van der Waals surface area (Å²) in [5.74, 6) is 1.88. The highest BCUT2D eigenvalue weighted by molar-refractivity contribution is 4.84. The highest BCUT2D eigenvalue weighted by Crippen LogP contribution is 2.39. The molecular formula is C18H36N2. The molecule has 0 unspecified atom stereocenters. The molecule has 0 bridgehead atoms. The van der Waals surface area contributed by atoms with Gasteiger partial charge in [-0.1, -0.05) is 27.7 Å². The van der Waals surface area contributed by atoms with Crippen LogP contribution in [0.15, 0.2) is 0 Å². The number of nitrogens with one attached hydrogen (secondary N) is 1. The third kappa shape index (κ3) is 5.04. The van der Waals surface area contributed by atoms with Crippen molar-refractivity contribution in [2.75, 3.05) is 26.2 Å². The zero-order valence-corrected chi connectivity index (χ0v) is 14.3. The summed E-state index contributed by atoms with van der Waals surface area (Å²) >= 11 is 0. The Morgan fingerprint density at radius 2 is 1.65 bits per heavy atom. The fourth-order valence-electron chi connectivity index (χ4n) is 3.80. The van der Waals surface area contributed by atoms with Gasteiger partial charge in [-0.3, -0.25) is 4.90 Å². The molecule has 2 rings (SSSR count). The average molecular weight is 281 g/mol. The summed E-state index contributed by atoms with van der Waals surface area (Å²) in [5, 5.41) is 3.71. The van der Waals surface area contributed by atoms with Crippen molar-refractivity contribution in [3.63, 3.8) is 0 Å². The number of rotatable bonds is 7. The third-order valence-corrected chi connectivity index (χ3v) is 5.55. The predicted octanol–water partition coefficient (Wildman–Crippen LogP) is 3.91. The second kappa shape index (κ2) is 7.26. The van der Waals surface area contributed by atoms with Gasteiger partial charge in [0.25, 0.3) is 0 Å². The van der Waals surface area contributed by atoms with E-state index < -0.39 is 0 Å². The molecule has 0 radical (unpaired) electrons. The van der Waals surface area contributed by atoms with E-state index in [1.807, 2.05) is 0 Å². The Morgan fingerprint density at radius 3 is 2.15 bits per heavy atom. The number of nitrogens with zero attached hydrogens (tertiary/aromatic N) is 1. The lowest BCUT2D eigenvalue weighted by molar-refractivity contribution is 0.148. The molecule has 20 heavy (non-hydrogen) atoms. The molecule has 0 aromatic heterocycles. The van der Waals surface area contributed by atoms with Gasteiger partial charge in [0.1, 0.15) is 0 Å². The van der Waals surface area contributed by atoms with Crippen molar-refractivity contribution in [3.8, 4) is 0 Å². The molecule has 118 valence electrons. The largest absolute Gasteiger partial charge is 0.315 e. The highest BCUT2D eigenvalue weighted by Gasteiger charge is 2.29. The Bertz CT molecular complexity index is 270.